The van der Waals surface area contributed by atoms with Gasteiger partial charge in [0.1, 0.15) is 23.7 Å². The average molecular weight is 1060 g/mol. The van der Waals surface area contributed by atoms with Crippen LogP contribution in [0.25, 0.3) is 34.0 Å². The standard InChI is InChI=1S/C30H31F4N3O3.C30H34FN3O3/c31-25-17-19(5-7-24(25)30(32,33)34)6-8-27(38)36-13-11-21(12-14-36)28(29(39)40)37-15-9-20(10-16-37)23-18-35-26-4-2-1-3-22(23)26;1-20-6-7-21(18-26(20)31)8-9-28(35)33-14-12-23(13-15-33)29(30(36)37)34-16-10-22(11-17-34)25-19-32-27-5-3-2-4-24(25)27/h1-8,17-18,20-21,28,35H,9-16H2,(H,39,40);2-9,18-19,22-23,29,32H,10-17H2,1H3,(H,36,37)/b8-6+;9-8+. The number of nitrogens with one attached hydrogen (secondary N) is 2. The summed E-state index contributed by atoms with van der Waals surface area (Å²) in [6.07, 6.45) is 11.0. The van der Waals surface area contributed by atoms with E-state index in [2.05, 4.69) is 62.5 Å². The highest BCUT2D eigenvalue weighted by molar-refractivity contribution is 5.92. The Labute approximate surface area is 444 Å². The number of halogens is 5. The zero-order chi connectivity index (χ0) is 54.4. The third-order valence-electron chi connectivity index (χ3n) is 16.4. The molecule has 0 radical (unpaired) electrons. The van der Waals surface area contributed by atoms with Crippen molar-refractivity contribution in [3.8, 4) is 0 Å². The van der Waals surface area contributed by atoms with Gasteiger partial charge < -0.3 is 30.0 Å². The summed E-state index contributed by atoms with van der Waals surface area (Å²) in [6, 6.07) is 22.8. The number of carboxylic acids is 2. The Morgan fingerprint density at radius 2 is 0.961 bits per heavy atom. The first-order valence-corrected chi connectivity index (χ1v) is 26.6. The molecule has 0 saturated carbocycles. The normalized spacial score (nSPS) is 19.0. The van der Waals surface area contributed by atoms with Crippen molar-refractivity contribution in [2.24, 2.45) is 11.8 Å². The minimum absolute atomic E-state index is 0.0152. The Morgan fingerprint density at radius 1 is 0.558 bits per heavy atom. The zero-order valence-corrected chi connectivity index (χ0v) is 43.0. The van der Waals surface area contributed by atoms with Crippen LogP contribution in [0, 0.1) is 30.4 Å². The van der Waals surface area contributed by atoms with Crippen LogP contribution in [0.2, 0.25) is 0 Å². The van der Waals surface area contributed by atoms with Crippen LogP contribution in [0.5, 0.6) is 0 Å². The number of aromatic amines is 2. The number of amides is 2. The highest BCUT2D eigenvalue weighted by Crippen LogP contribution is 2.38. The average Bonchev–Trinajstić information content (AvgIpc) is 4.06. The van der Waals surface area contributed by atoms with Crippen LogP contribution in [0.4, 0.5) is 22.0 Å². The van der Waals surface area contributed by atoms with Crippen molar-refractivity contribution >= 4 is 57.7 Å². The van der Waals surface area contributed by atoms with Crippen LogP contribution < -0.4 is 0 Å². The van der Waals surface area contributed by atoms with E-state index in [1.54, 1.807) is 34.9 Å². The van der Waals surface area contributed by atoms with Crippen molar-refractivity contribution in [3.63, 3.8) is 0 Å². The molecule has 4 aromatic carbocycles. The fourth-order valence-corrected chi connectivity index (χ4v) is 12.1. The maximum atomic E-state index is 13.8. The van der Waals surface area contributed by atoms with Gasteiger partial charge in [-0.1, -0.05) is 54.6 Å². The second-order valence-corrected chi connectivity index (χ2v) is 21.0. The van der Waals surface area contributed by atoms with Crippen LogP contribution in [0.1, 0.15) is 96.6 Å². The number of carbonyl (C=O) groups is 4. The maximum Gasteiger partial charge on any atom is 0.419 e. The predicted molar refractivity (Wildman–Crippen MR) is 286 cm³/mol. The van der Waals surface area contributed by atoms with Gasteiger partial charge >= 0.3 is 18.1 Å². The van der Waals surface area contributed by atoms with Crippen LogP contribution in [-0.4, -0.2) is 128 Å². The molecule has 6 heterocycles. The van der Waals surface area contributed by atoms with Crippen LogP contribution in [0.3, 0.4) is 0 Å². The molecule has 4 aliphatic heterocycles. The number of alkyl halides is 3. The Bertz CT molecular complexity index is 3120. The monoisotopic (exact) mass is 1060 g/mol. The number of rotatable bonds is 12. The molecule has 6 aromatic rings. The van der Waals surface area contributed by atoms with Gasteiger partial charge in [0, 0.05) is 72.5 Å². The number of aromatic nitrogens is 2. The number of likely N-dealkylation sites (tertiary alicyclic amines) is 4. The lowest BCUT2D eigenvalue weighted by Gasteiger charge is -2.41. The van der Waals surface area contributed by atoms with Gasteiger partial charge in [-0.05, 0) is 178 Å². The van der Waals surface area contributed by atoms with Crippen LogP contribution >= 0.6 is 0 Å². The fraction of sp³-hybridized carbons (Fsp3) is 0.400. The minimum atomic E-state index is -4.78. The summed E-state index contributed by atoms with van der Waals surface area (Å²) in [5.74, 6) is -3.05. The molecule has 4 fully saturated rings. The van der Waals surface area contributed by atoms with Crippen molar-refractivity contribution < 1.29 is 51.3 Å². The number of carbonyl (C=O) groups excluding carboxylic acids is 2. The Hall–Kier alpha value is -7.11. The molecule has 4 N–H and O–H groups in total. The number of piperidine rings is 4. The van der Waals surface area contributed by atoms with Gasteiger partial charge in [-0.15, -0.1) is 0 Å². The molecule has 12 nitrogen and oxygen atoms in total. The molecule has 77 heavy (non-hydrogen) atoms. The van der Waals surface area contributed by atoms with Gasteiger partial charge in [-0.25, -0.2) is 8.78 Å². The molecule has 2 amide bonds. The van der Waals surface area contributed by atoms with Crippen LogP contribution in [0.15, 0.2) is 109 Å². The number of benzene rings is 4. The molecule has 10 rings (SSSR count). The number of carboxylic acid groups (broad SMARTS) is 2. The first-order valence-electron chi connectivity index (χ1n) is 26.6. The Kier molecular flexibility index (Phi) is 17.1. The number of nitrogens with zero attached hydrogens (tertiary/aromatic N) is 4. The molecular weight excluding hydrogens is 996 g/mol. The molecule has 4 saturated heterocycles. The van der Waals surface area contributed by atoms with Crippen molar-refractivity contribution in [2.75, 3.05) is 52.4 Å². The number of fused-ring (bicyclic) bond motifs is 2. The molecule has 4 aliphatic rings. The highest BCUT2D eigenvalue weighted by atomic mass is 19.4. The molecule has 0 aliphatic carbocycles. The van der Waals surface area contributed by atoms with Gasteiger partial charge in [0.2, 0.25) is 11.8 Å². The number of hydrogen-bond donors (Lipinski definition) is 4. The lowest BCUT2D eigenvalue weighted by Crippen LogP contribution is -2.52. The van der Waals surface area contributed by atoms with Crippen molar-refractivity contribution in [1.29, 1.82) is 0 Å². The first kappa shape index (κ1) is 54.7. The van der Waals surface area contributed by atoms with Crippen molar-refractivity contribution in [3.05, 3.63) is 154 Å². The van der Waals surface area contributed by atoms with E-state index in [1.165, 1.54) is 46.2 Å². The Morgan fingerprint density at radius 3 is 1.35 bits per heavy atom. The topological polar surface area (TPSA) is 153 Å². The van der Waals surface area contributed by atoms with Gasteiger partial charge in [-0.3, -0.25) is 29.0 Å². The summed E-state index contributed by atoms with van der Waals surface area (Å²) in [4.78, 5) is 64.3. The fourth-order valence-electron chi connectivity index (χ4n) is 12.1. The third kappa shape index (κ3) is 12.8. The van der Waals surface area contributed by atoms with E-state index in [0.717, 1.165) is 61.9 Å². The number of aliphatic carboxylic acids is 2. The molecule has 2 unspecified atom stereocenters. The second-order valence-electron chi connectivity index (χ2n) is 21.0. The predicted octanol–water partition coefficient (Wildman–Crippen LogP) is 11.1. The molecule has 0 bridgehead atoms. The zero-order valence-electron chi connectivity index (χ0n) is 43.0. The smallest absolute Gasteiger partial charge is 0.419 e. The quantitative estimate of drug-likeness (QED) is 0.0698. The van der Waals surface area contributed by atoms with E-state index >= 15 is 0 Å². The Balaban J connectivity index is 0.000000188. The molecule has 406 valence electrons. The van der Waals surface area contributed by atoms with E-state index in [1.807, 2.05) is 18.2 Å². The number of aryl methyl sites for hydroxylation is 1. The van der Waals surface area contributed by atoms with E-state index in [-0.39, 0.29) is 35.0 Å². The molecular formula is C60H65F5N6O6. The largest absolute Gasteiger partial charge is 0.480 e. The van der Waals surface area contributed by atoms with Gasteiger partial charge in [0.15, 0.2) is 0 Å². The van der Waals surface area contributed by atoms with Gasteiger partial charge in [0.05, 0.1) is 5.56 Å². The minimum Gasteiger partial charge on any atom is -0.480 e. The van der Waals surface area contributed by atoms with E-state index < -0.39 is 41.6 Å². The number of H-pyrrole nitrogens is 2. The maximum absolute atomic E-state index is 13.8. The number of para-hydroxylation sites is 2. The molecule has 2 atom stereocenters. The first-order chi connectivity index (χ1) is 37.0. The van der Waals surface area contributed by atoms with Crippen molar-refractivity contribution in [2.45, 2.75) is 88.4 Å². The SMILES string of the molecule is Cc1ccc(/C=C/C(=O)N2CCC(C(C(=O)O)N3CCC(c4c[nH]c5ccccc45)CC3)CC2)cc1F.O=C(O)C(C1CCN(C(=O)/C=C/c2ccc(C(F)(F)F)c(F)c2)CC1)N1CCC(c2c[nH]c3ccccc23)CC1. The highest BCUT2D eigenvalue weighted by Gasteiger charge is 2.40. The van der Waals surface area contributed by atoms with Crippen LogP contribution in [-0.2, 0) is 25.4 Å². The lowest BCUT2D eigenvalue weighted by molar-refractivity contribution is -0.148. The van der Waals surface area contributed by atoms with Gasteiger partial charge in [0.25, 0.3) is 0 Å². The molecule has 17 heteroatoms. The molecule has 2 aromatic heterocycles. The van der Waals surface area contributed by atoms with E-state index in [0.29, 0.717) is 94.0 Å². The summed E-state index contributed by atoms with van der Waals surface area (Å²) < 4.78 is 65.9. The second kappa shape index (κ2) is 24.1. The van der Waals surface area contributed by atoms with Crippen molar-refractivity contribution in [1.82, 2.24) is 29.6 Å². The lowest BCUT2D eigenvalue weighted by atomic mass is 9.84. The number of hydrogen-bond acceptors (Lipinski definition) is 6. The summed E-state index contributed by atoms with van der Waals surface area (Å²) in [7, 11) is 0. The summed E-state index contributed by atoms with van der Waals surface area (Å²) in [5.41, 5.74) is 4.87. The summed E-state index contributed by atoms with van der Waals surface area (Å²) in [6.45, 7) is 6.42. The molecule has 0 spiro atoms. The van der Waals surface area contributed by atoms with Gasteiger partial charge in [-0.2, -0.15) is 13.2 Å². The summed E-state index contributed by atoms with van der Waals surface area (Å²) >= 11 is 0. The summed E-state index contributed by atoms with van der Waals surface area (Å²) in [5, 5.41) is 22.7. The third-order valence-corrected chi connectivity index (χ3v) is 16.4. The van der Waals surface area contributed by atoms with E-state index in [9.17, 15) is 51.3 Å². The van der Waals surface area contributed by atoms with E-state index in [4.69, 9.17) is 0 Å².